The van der Waals surface area contributed by atoms with Crippen molar-refractivity contribution in [1.82, 2.24) is 14.6 Å². The van der Waals surface area contributed by atoms with Crippen LogP contribution in [-0.4, -0.2) is 43.2 Å². The summed E-state index contributed by atoms with van der Waals surface area (Å²) in [6.45, 7) is 0.539. The van der Waals surface area contributed by atoms with Crippen molar-refractivity contribution < 1.29 is 13.2 Å². The van der Waals surface area contributed by atoms with Crippen LogP contribution in [0, 0.1) is 0 Å². The van der Waals surface area contributed by atoms with E-state index in [1.807, 2.05) is 18.2 Å². The molecule has 1 heterocycles. The molecule has 4 rings (SSSR count). The molecular weight excluding hydrogens is 647 g/mol. The molecule has 0 atom stereocenters. The van der Waals surface area contributed by atoms with Crippen LogP contribution in [-0.2, 0) is 21.4 Å². The van der Waals surface area contributed by atoms with Crippen molar-refractivity contribution in [1.29, 1.82) is 0 Å². The molecule has 0 aliphatic rings. The minimum absolute atomic E-state index is 0.0522. The molecule has 4 aromatic rings. The van der Waals surface area contributed by atoms with Gasteiger partial charge in [0.25, 0.3) is 0 Å². The highest BCUT2D eigenvalue weighted by molar-refractivity contribution is 9.10. The number of halogens is 4. The molecule has 3 aromatic carbocycles. The fourth-order valence-corrected chi connectivity index (χ4v) is 5.99. The zero-order valence-electron chi connectivity index (χ0n) is 20.5. The van der Waals surface area contributed by atoms with Crippen molar-refractivity contribution >= 4 is 83.3 Å². The highest BCUT2D eigenvalue weighted by Crippen LogP contribution is 2.26. The maximum absolute atomic E-state index is 13.4. The van der Waals surface area contributed by atoms with Crippen LogP contribution in [0.25, 0.3) is 10.9 Å². The molecular formula is C27H24BrCl3N4O3S. The number of fused-ring (bicyclic) bond motifs is 1. The molecule has 0 unspecified atom stereocenters. The smallest absolute Gasteiger partial charge is 0.243 e. The molecule has 1 aromatic heterocycles. The van der Waals surface area contributed by atoms with E-state index in [2.05, 4.69) is 31.5 Å². The van der Waals surface area contributed by atoms with Gasteiger partial charge in [-0.3, -0.25) is 9.78 Å². The number of benzene rings is 3. The molecule has 0 saturated carbocycles. The summed E-state index contributed by atoms with van der Waals surface area (Å²) in [5.41, 5.74) is 2.30. The van der Waals surface area contributed by atoms with Crippen molar-refractivity contribution in [3.8, 4) is 0 Å². The van der Waals surface area contributed by atoms with Crippen molar-refractivity contribution in [2.75, 3.05) is 25.0 Å². The Labute approximate surface area is 250 Å². The number of pyridine rings is 1. The Hall–Kier alpha value is -2.40. The van der Waals surface area contributed by atoms with Gasteiger partial charge >= 0.3 is 0 Å². The first-order valence-electron chi connectivity index (χ1n) is 11.9. The van der Waals surface area contributed by atoms with Crippen LogP contribution >= 0.6 is 50.7 Å². The van der Waals surface area contributed by atoms with Crippen molar-refractivity contribution in [3.05, 3.63) is 98.0 Å². The van der Waals surface area contributed by atoms with Gasteiger partial charge in [0.05, 0.1) is 27.0 Å². The maximum Gasteiger partial charge on any atom is 0.243 e. The highest BCUT2D eigenvalue weighted by atomic mass is 79.9. The average molecular weight is 671 g/mol. The lowest BCUT2D eigenvalue weighted by Gasteiger charge is -2.22. The molecule has 12 heteroatoms. The number of amides is 1. The Morgan fingerprint density at radius 3 is 2.44 bits per heavy atom. The number of carbonyl (C=O) groups is 1. The van der Waals surface area contributed by atoms with Crippen LogP contribution in [0.1, 0.15) is 12.0 Å². The van der Waals surface area contributed by atoms with E-state index in [0.717, 1.165) is 25.4 Å². The number of rotatable bonds is 11. The molecule has 0 aliphatic carbocycles. The lowest BCUT2D eigenvalue weighted by atomic mass is 10.2. The number of nitrogens with one attached hydrogen (secondary N) is 2. The summed E-state index contributed by atoms with van der Waals surface area (Å²) in [4.78, 5) is 17.2. The molecule has 39 heavy (non-hydrogen) atoms. The number of anilines is 1. The van der Waals surface area contributed by atoms with Crippen LogP contribution in [0.2, 0.25) is 15.1 Å². The monoisotopic (exact) mass is 668 g/mol. The van der Waals surface area contributed by atoms with E-state index in [1.165, 1.54) is 12.1 Å². The second-order valence-corrected chi connectivity index (χ2v) is 12.7. The molecule has 2 N–H and O–H groups in total. The molecule has 204 valence electrons. The molecule has 0 bridgehead atoms. The van der Waals surface area contributed by atoms with Gasteiger partial charge < -0.3 is 10.6 Å². The van der Waals surface area contributed by atoms with Gasteiger partial charge in [-0.05, 0) is 72.6 Å². The van der Waals surface area contributed by atoms with Gasteiger partial charge in [-0.2, -0.15) is 4.31 Å². The quantitative estimate of drug-likeness (QED) is 0.172. The Balaban J connectivity index is 1.38. The third-order valence-electron chi connectivity index (χ3n) is 5.81. The number of sulfonamides is 1. The first kappa shape index (κ1) is 29.6. The van der Waals surface area contributed by atoms with E-state index in [-0.39, 0.29) is 18.0 Å². The van der Waals surface area contributed by atoms with Gasteiger partial charge in [-0.1, -0.05) is 56.8 Å². The minimum Gasteiger partial charge on any atom is -0.384 e. The normalized spacial score (nSPS) is 11.6. The van der Waals surface area contributed by atoms with E-state index in [4.69, 9.17) is 34.8 Å². The summed E-state index contributed by atoms with van der Waals surface area (Å²) in [7, 11) is -3.98. The summed E-state index contributed by atoms with van der Waals surface area (Å²) < 4.78 is 28.8. The first-order chi connectivity index (χ1) is 18.6. The van der Waals surface area contributed by atoms with Gasteiger partial charge in [0.2, 0.25) is 15.9 Å². The Morgan fingerprint density at radius 1 is 0.923 bits per heavy atom. The van der Waals surface area contributed by atoms with E-state index < -0.39 is 15.9 Å². The van der Waals surface area contributed by atoms with Gasteiger partial charge in [0, 0.05) is 46.4 Å². The van der Waals surface area contributed by atoms with Crippen LogP contribution in [0.5, 0.6) is 0 Å². The predicted molar refractivity (Wildman–Crippen MR) is 161 cm³/mol. The van der Waals surface area contributed by atoms with Gasteiger partial charge in [-0.15, -0.1) is 0 Å². The van der Waals surface area contributed by atoms with E-state index in [9.17, 15) is 13.2 Å². The van der Waals surface area contributed by atoms with Gasteiger partial charge in [0.1, 0.15) is 0 Å². The first-order valence-corrected chi connectivity index (χ1v) is 15.2. The molecule has 7 nitrogen and oxygen atoms in total. The van der Waals surface area contributed by atoms with Crippen LogP contribution in [0.15, 0.2) is 82.3 Å². The molecule has 1 amide bonds. The zero-order valence-corrected chi connectivity index (χ0v) is 25.2. The van der Waals surface area contributed by atoms with Crippen LogP contribution in [0.3, 0.4) is 0 Å². The van der Waals surface area contributed by atoms with Crippen LogP contribution in [0.4, 0.5) is 5.69 Å². The van der Waals surface area contributed by atoms with Gasteiger partial charge in [0.15, 0.2) is 0 Å². The number of carbonyl (C=O) groups excluding carboxylic acids is 1. The predicted octanol–water partition coefficient (Wildman–Crippen LogP) is 6.77. The SMILES string of the molecule is O=C(CN(Cc1ccc(Cl)c(Cl)c1)S(=O)(=O)c1ccc(Br)cc1)NCCCNc1ccnc2cc(Cl)ccc12. The zero-order chi connectivity index (χ0) is 28.0. The topological polar surface area (TPSA) is 91.4 Å². The fraction of sp³-hybridized carbons (Fsp3) is 0.185. The lowest BCUT2D eigenvalue weighted by Crippen LogP contribution is -2.40. The Bertz CT molecular complexity index is 1590. The third kappa shape index (κ3) is 7.84. The summed E-state index contributed by atoms with van der Waals surface area (Å²) in [6, 6.07) is 18.5. The minimum atomic E-state index is -3.98. The lowest BCUT2D eigenvalue weighted by molar-refractivity contribution is -0.121. The standard InChI is InChI=1S/C27H24BrCl3N4O3S/c28-19-3-6-21(7-4-19)39(37,38)35(16-18-2-9-23(30)24(31)14-18)17-27(36)34-12-1-11-32-25-10-13-33-26-15-20(29)5-8-22(25)26/h2-10,13-15H,1,11-12,16-17H2,(H,32,33)(H,34,36). The summed E-state index contributed by atoms with van der Waals surface area (Å²) in [6.07, 6.45) is 2.33. The summed E-state index contributed by atoms with van der Waals surface area (Å²) in [5.74, 6) is -0.417. The average Bonchev–Trinajstić information content (AvgIpc) is 2.90. The third-order valence-corrected chi connectivity index (χ3v) is 9.12. The molecule has 0 radical (unpaired) electrons. The van der Waals surface area contributed by atoms with E-state index >= 15 is 0 Å². The molecule has 0 fully saturated rings. The number of hydrogen-bond acceptors (Lipinski definition) is 5. The molecule has 0 aliphatic heterocycles. The van der Waals surface area contributed by atoms with E-state index in [0.29, 0.717) is 40.1 Å². The number of nitrogens with zero attached hydrogens (tertiary/aromatic N) is 2. The highest BCUT2D eigenvalue weighted by Gasteiger charge is 2.27. The Morgan fingerprint density at radius 2 is 1.69 bits per heavy atom. The van der Waals surface area contributed by atoms with E-state index in [1.54, 1.807) is 42.6 Å². The molecule has 0 spiro atoms. The molecule has 0 saturated heterocycles. The van der Waals surface area contributed by atoms with Crippen LogP contribution < -0.4 is 10.6 Å². The largest absolute Gasteiger partial charge is 0.384 e. The Kier molecular flexibility index (Phi) is 10.1. The summed E-state index contributed by atoms with van der Waals surface area (Å²) in [5, 5.41) is 8.38. The summed E-state index contributed by atoms with van der Waals surface area (Å²) >= 11 is 21.5. The second-order valence-electron chi connectivity index (χ2n) is 8.63. The second kappa shape index (κ2) is 13.3. The van der Waals surface area contributed by atoms with Gasteiger partial charge in [-0.25, -0.2) is 8.42 Å². The van der Waals surface area contributed by atoms with Crippen molar-refractivity contribution in [3.63, 3.8) is 0 Å². The fourth-order valence-electron chi connectivity index (χ4n) is 3.85. The van der Waals surface area contributed by atoms with Crippen molar-refractivity contribution in [2.45, 2.75) is 17.9 Å². The number of hydrogen-bond donors (Lipinski definition) is 2. The number of aromatic nitrogens is 1. The maximum atomic E-state index is 13.4. The van der Waals surface area contributed by atoms with Crippen molar-refractivity contribution in [2.24, 2.45) is 0 Å².